The van der Waals surface area contributed by atoms with Gasteiger partial charge in [0.25, 0.3) is 0 Å². The third-order valence-corrected chi connectivity index (χ3v) is 5.36. The zero-order chi connectivity index (χ0) is 14.8. The van der Waals surface area contributed by atoms with E-state index < -0.39 is 0 Å². The van der Waals surface area contributed by atoms with Crippen LogP contribution in [0.5, 0.6) is 0 Å². The lowest BCUT2D eigenvalue weighted by atomic mass is 10.2. The van der Waals surface area contributed by atoms with Gasteiger partial charge in [0.15, 0.2) is 5.82 Å². The molecule has 0 unspecified atom stereocenters. The van der Waals surface area contributed by atoms with Gasteiger partial charge in [0.05, 0.1) is 0 Å². The van der Waals surface area contributed by atoms with Crippen molar-refractivity contribution in [3.05, 3.63) is 49.8 Å². The smallest absolute Gasteiger partial charge is 0.181 e. The maximum absolute atomic E-state index is 6.04. The summed E-state index contributed by atoms with van der Waals surface area (Å²) in [5.74, 6) is 1.51. The Morgan fingerprint density at radius 2 is 2.24 bits per heavy atom. The molecule has 21 heavy (non-hydrogen) atoms. The van der Waals surface area contributed by atoms with Crippen LogP contribution in [0.1, 0.15) is 10.7 Å². The van der Waals surface area contributed by atoms with E-state index >= 15 is 0 Å². The van der Waals surface area contributed by atoms with Crippen molar-refractivity contribution in [3.63, 3.8) is 0 Å². The van der Waals surface area contributed by atoms with Crippen LogP contribution in [0.4, 0.5) is 5.69 Å². The molecular weight excluding hydrogens is 372 g/mol. The van der Waals surface area contributed by atoms with Gasteiger partial charge in [0.2, 0.25) is 0 Å². The summed E-state index contributed by atoms with van der Waals surface area (Å²) in [6.45, 7) is 2.61. The summed E-state index contributed by atoms with van der Waals surface area (Å²) < 4.78 is 1.72. The number of H-pyrrole nitrogens is 1. The molecule has 0 aliphatic rings. The van der Waals surface area contributed by atoms with Gasteiger partial charge in [-0.15, -0.1) is 11.3 Å². The highest BCUT2D eigenvalue weighted by Gasteiger charge is 2.06. The molecule has 0 atom stereocenters. The molecule has 0 saturated heterocycles. The number of aromatic nitrogens is 3. The first kappa shape index (κ1) is 14.6. The van der Waals surface area contributed by atoms with Crippen molar-refractivity contribution >= 4 is 44.6 Å². The summed E-state index contributed by atoms with van der Waals surface area (Å²) in [5, 5.41) is 10.4. The number of aromatic amines is 1. The van der Waals surface area contributed by atoms with E-state index in [0.29, 0.717) is 5.82 Å². The predicted molar refractivity (Wildman–Crippen MR) is 90.9 cm³/mol. The van der Waals surface area contributed by atoms with Crippen molar-refractivity contribution in [2.75, 3.05) is 5.32 Å². The van der Waals surface area contributed by atoms with E-state index in [1.165, 1.54) is 4.88 Å². The lowest BCUT2D eigenvalue weighted by Gasteiger charge is -2.05. The molecule has 108 valence electrons. The minimum Gasteiger partial charge on any atom is -0.380 e. The standard InChI is InChI=1S/C14H12BrClN4S/c1-8-18-14(20-19-8)9-3-2-4-10(5-9)17-7-11-6-12(15)13(16)21-11/h2-6,17H,7H2,1H3,(H,18,19,20). The van der Waals surface area contributed by atoms with Gasteiger partial charge in [-0.1, -0.05) is 23.7 Å². The third kappa shape index (κ3) is 3.45. The number of rotatable bonds is 4. The van der Waals surface area contributed by atoms with E-state index in [2.05, 4.69) is 36.4 Å². The molecule has 3 rings (SSSR count). The van der Waals surface area contributed by atoms with Gasteiger partial charge >= 0.3 is 0 Å². The van der Waals surface area contributed by atoms with E-state index in [1.54, 1.807) is 11.3 Å². The quantitative estimate of drug-likeness (QED) is 0.676. The molecule has 0 radical (unpaired) electrons. The molecule has 0 saturated carbocycles. The number of thiophene rings is 1. The number of aryl methyl sites for hydroxylation is 1. The van der Waals surface area contributed by atoms with Crippen LogP contribution < -0.4 is 5.32 Å². The second kappa shape index (κ2) is 6.17. The fraction of sp³-hybridized carbons (Fsp3) is 0.143. The van der Waals surface area contributed by atoms with Gasteiger partial charge in [0, 0.05) is 27.1 Å². The van der Waals surface area contributed by atoms with Gasteiger partial charge in [0.1, 0.15) is 10.2 Å². The van der Waals surface area contributed by atoms with Crippen LogP contribution in [0.25, 0.3) is 11.4 Å². The summed E-state index contributed by atoms with van der Waals surface area (Å²) in [6.07, 6.45) is 0. The van der Waals surface area contributed by atoms with Gasteiger partial charge in [-0.3, -0.25) is 5.10 Å². The first-order valence-electron chi connectivity index (χ1n) is 6.29. The predicted octanol–water partition coefficient (Wildman–Crippen LogP) is 4.87. The van der Waals surface area contributed by atoms with Crippen LogP contribution in [-0.4, -0.2) is 15.2 Å². The maximum atomic E-state index is 6.04. The van der Waals surface area contributed by atoms with Crippen molar-refractivity contribution in [2.45, 2.75) is 13.5 Å². The number of hydrogen-bond acceptors (Lipinski definition) is 4. The summed E-state index contributed by atoms with van der Waals surface area (Å²) in [4.78, 5) is 5.51. The fourth-order valence-corrected chi connectivity index (χ4v) is 3.64. The minimum absolute atomic E-state index is 0.707. The van der Waals surface area contributed by atoms with E-state index in [1.807, 2.05) is 37.3 Å². The van der Waals surface area contributed by atoms with Crippen molar-refractivity contribution < 1.29 is 0 Å². The monoisotopic (exact) mass is 382 g/mol. The van der Waals surface area contributed by atoms with Crippen LogP contribution in [0.15, 0.2) is 34.8 Å². The maximum Gasteiger partial charge on any atom is 0.181 e. The SMILES string of the molecule is Cc1nc(-c2cccc(NCc3cc(Br)c(Cl)s3)c2)n[nH]1. The second-order valence-electron chi connectivity index (χ2n) is 4.51. The molecule has 0 aliphatic carbocycles. The first-order valence-corrected chi connectivity index (χ1v) is 8.27. The topological polar surface area (TPSA) is 53.6 Å². The Bertz CT molecular complexity index is 748. The first-order chi connectivity index (χ1) is 10.1. The highest BCUT2D eigenvalue weighted by Crippen LogP contribution is 2.32. The summed E-state index contributed by atoms with van der Waals surface area (Å²) >= 11 is 11.0. The Labute approximate surface area is 139 Å². The molecule has 4 nitrogen and oxygen atoms in total. The Kier molecular flexibility index (Phi) is 4.28. The number of halogens is 2. The molecule has 2 heterocycles. The fourth-order valence-electron chi connectivity index (χ4n) is 1.91. The second-order valence-corrected chi connectivity index (χ2v) is 7.11. The Balaban J connectivity index is 1.74. The van der Waals surface area contributed by atoms with Crippen LogP contribution >= 0.6 is 38.9 Å². The van der Waals surface area contributed by atoms with Gasteiger partial charge in [-0.2, -0.15) is 5.10 Å². The van der Waals surface area contributed by atoms with Gasteiger partial charge < -0.3 is 5.32 Å². The number of nitrogens with one attached hydrogen (secondary N) is 2. The lowest BCUT2D eigenvalue weighted by Crippen LogP contribution is -1.97. The molecule has 3 aromatic rings. The molecule has 0 fully saturated rings. The normalized spacial score (nSPS) is 10.8. The largest absolute Gasteiger partial charge is 0.380 e. The average Bonchev–Trinajstić information content (AvgIpc) is 3.04. The number of benzene rings is 1. The van der Waals surface area contributed by atoms with E-state index in [9.17, 15) is 0 Å². The van der Waals surface area contributed by atoms with E-state index in [-0.39, 0.29) is 0 Å². The van der Waals surface area contributed by atoms with Crippen molar-refractivity contribution in [1.82, 2.24) is 15.2 Å². The summed E-state index contributed by atoms with van der Waals surface area (Å²) in [7, 11) is 0. The molecule has 2 aromatic heterocycles. The zero-order valence-corrected chi connectivity index (χ0v) is 14.3. The number of hydrogen-bond donors (Lipinski definition) is 2. The molecule has 2 N–H and O–H groups in total. The molecule has 0 aliphatic heterocycles. The molecule has 0 bridgehead atoms. The molecule has 0 amide bonds. The van der Waals surface area contributed by atoms with Crippen LogP contribution in [0.2, 0.25) is 4.34 Å². The Morgan fingerprint density at radius 3 is 2.90 bits per heavy atom. The molecular formula is C14H12BrClN4S. The Morgan fingerprint density at radius 1 is 1.38 bits per heavy atom. The number of anilines is 1. The van der Waals surface area contributed by atoms with Crippen LogP contribution in [0.3, 0.4) is 0 Å². The minimum atomic E-state index is 0.707. The zero-order valence-electron chi connectivity index (χ0n) is 11.2. The van der Waals surface area contributed by atoms with Crippen molar-refractivity contribution in [2.24, 2.45) is 0 Å². The molecule has 7 heteroatoms. The van der Waals surface area contributed by atoms with E-state index in [0.717, 1.165) is 32.4 Å². The third-order valence-electron chi connectivity index (χ3n) is 2.88. The van der Waals surface area contributed by atoms with Gasteiger partial charge in [-0.05, 0) is 41.1 Å². The van der Waals surface area contributed by atoms with Crippen molar-refractivity contribution in [3.8, 4) is 11.4 Å². The summed E-state index contributed by atoms with van der Waals surface area (Å²) in [5.41, 5.74) is 2.00. The molecule has 0 spiro atoms. The highest BCUT2D eigenvalue weighted by molar-refractivity contribution is 9.10. The molecule has 1 aromatic carbocycles. The van der Waals surface area contributed by atoms with E-state index in [4.69, 9.17) is 11.6 Å². The van der Waals surface area contributed by atoms with Gasteiger partial charge in [-0.25, -0.2) is 4.98 Å². The Hall–Kier alpha value is -1.37. The lowest BCUT2D eigenvalue weighted by molar-refractivity contribution is 1.04. The van der Waals surface area contributed by atoms with Crippen LogP contribution in [-0.2, 0) is 6.54 Å². The van der Waals surface area contributed by atoms with Crippen molar-refractivity contribution in [1.29, 1.82) is 0 Å². The average molecular weight is 384 g/mol. The van der Waals surface area contributed by atoms with Crippen LogP contribution in [0, 0.1) is 6.92 Å². The summed E-state index contributed by atoms with van der Waals surface area (Å²) in [6, 6.07) is 10.1. The number of nitrogens with zero attached hydrogens (tertiary/aromatic N) is 2. The highest BCUT2D eigenvalue weighted by atomic mass is 79.9.